The van der Waals surface area contributed by atoms with Crippen molar-refractivity contribution in [2.45, 2.75) is 58.7 Å². The van der Waals surface area contributed by atoms with E-state index in [0.717, 1.165) is 0 Å². The summed E-state index contributed by atoms with van der Waals surface area (Å²) in [5, 5.41) is 0. The topological polar surface area (TPSA) is 118 Å². The van der Waals surface area contributed by atoms with Crippen molar-refractivity contribution < 1.29 is 42.9 Å². The Kier molecular flexibility index (Phi) is 7.77. The molecule has 2 aliphatic rings. The highest BCUT2D eigenvalue weighted by Crippen LogP contribution is 2.32. The van der Waals surface area contributed by atoms with Crippen LogP contribution in [-0.2, 0) is 42.9 Å². The van der Waals surface area contributed by atoms with Gasteiger partial charge in [-0.2, -0.15) is 0 Å². The van der Waals surface area contributed by atoms with Crippen LogP contribution in [0.2, 0.25) is 0 Å². The van der Waals surface area contributed by atoms with E-state index in [0.29, 0.717) is 12.0 Å². The molecule has 0 N–H and O–H groups in total. The third-order valence-corrected chi connectivity index (χ3v) is 4.09. The number of hydrogen-bond donors (Lipinski definition) is 0. The summed E-state index contributed by atoms with van der Waals surface area (Å²) < 4.78 is 26.6. The van der Waals surface area contributed by atoms with E-state index in [1.807, 2.05) is 0 Å². The maximum absolute atomic E-state index is 12.1. The van der Waals surface area contributed by atoms with Gasteiger partial charge in [-0.3, -0.25) is 14.4 Å². The average Bonchev–Trinajstić information content (AvgIpc) is 2.96. The predicted molar refractivity (Wildman–Crippen MR) is 96.7 cm³/mol. The Bertz CT molecular complexity index is 714. The zero-order chi connectivity index (χ0) is 21.6. The number of nitrogens with zero attached hydrogens (tertiary/aromatic N) is 1. The summed E-state index contributed by atoms with van der Waals surface area (Å²) in [6, 6.07) is 0. The van der Waals surface area contributed by atoms with Gasteiger partial charge in [0.25, 0.3) is 0 Å². The third kappa shape index (κ3) is 6.05. The standard InChI is InChI=1S/C19H25NO9/c1-5-25-19(24)14-7-6-8-20(9-14)18-17(28-13(4)23)16(27-12(3)22)15(29-18)10-26-11(2)21/h6,8-9,15-18H,5,7,10H2,1-4H3/t15-,16-,17-,18-/m1/s1. The summed E-state index contributed by atoms with van der Waals surface area (Å²) in [5.74, 6) is -2.23. The Morgan fingerprint density at radius 3 is 2.28 bits per heavy atom. The van der Waals surface area contributed by atoms with Crippen molar-refractivity contribution in [3.05, 3.63) is 24.0 Å². The number of rotatable bonds is 7. The number of hydrogen-bond acceptors (Lipinski definition) is 10. The summed E-state index contributed by atoms with van der Waals surface area (Å²) in [7, 11) is 0. The Balaban J connectivity index is 2.31. The molecule has 0 aliphatic carbocycles. The number of esters is 4. The molecular weight excluding hydrogens is 386 g/mol. The van der Waals surface area contributed by atoms with E-state index in [1.165, 1.54) is 31.9 Å². The van der Waals surface area contributed by atoms with Gasteiger partial charge < -0.3 is 28.6 Å². The lowest BCUT2D eigenvalue weighted by Gasteiger charge is -2.30. The summed E-state index contributed by atoms with van der Waals surface area (Å²) in [4.78, 5) is 48.0. The molecule has 4 atom stereocenters. The first-order valence-corrected chi connectivity index (χ1v) is 9.18. The fourth-order valence-electron chi connectivity index (χ4n) is 3.03. The van der Waals surface area contributed by atoms with E-state index in [-0.39, 0.29) is 13.2 Å². The maximum Gasteiger partial charge on any atom is 0.335 e. The second-order valence-corrected chi connectivity index (χ2v) is 6.43. The van der Waals surface area contributed by atoms with Gasteiger partial charge in [0, 0.05) is 39.6 Å². The molecule has 0 unspecified atom stereocenters. The van der Waals surface area contributed by atoms with Crippen molar-refractivity contribution in [1.29, 1.82) is 0 Å². The molecule has 0 amide bonds. The maximum atomic E-state index is 12.1. The molecule has 0 radical (unpaired) electrons. The van der Waals surface area contributed by atoms with E-state index in [2.05, 4.69) is 0 Å². The fourth-order valence-corrected chi connectivity index (χ4v) is 3.03. The average molecular weight is 411 g/mol. The molecule has 0 spiro atoms. The number of allylic oxidation sites excluding steroid dienone is 1. The van der Waals surface area contributed by atoms with Crippen LogP contribution in [0, 0.1) is 0 Å². The molecule has 2 aliphatic heterocycles. The van der Waals surface area contributed by atoms with E-state index in [4.69, 9.17) is 23.7 Å². The van der Waals surface area contributed by atoms with Crippen LogP contribution in [0.3, 0.4) is 0 Å². The van der Waals surface area contributed by atoms with Gasteiger partial charge in [0.15, 0.2) is 18.4 Å². The molecule has 0 bridgehead atoms. The molecule has 160 valence electrons. The second-order valence-electron chi connectivity index (χ2n) is 6.43. The normalized spacial score (nSPS) is 25.8. The molecule has 0 aromatic carbocycles. The molecule has 0 aromatic heterocycles. The first-order valence-electron chi connectivity index (χ1n) is 9.18. The largest absolute Gasteiger partial charge is 0.463 e. The Hall–Kier alpha value is -2.88. The van der Waals surface area contributed by atoms with E-state index in [1.54, 1.807) is 19.2 Å². The van der Waals surface area contributed by atoms with Crippen LogP contribution < -0.4 is 0 Å². The van der Waals surface area contributed by atoms with Crippen LogP contribution in [0.4, 0.5) is 0 Å². The predicted octanol–water partition coefficient (Wildman–Crippen LogP) is 0.804. The Morgan fingerprint density at radius 2 is 1.69 bits per heavy atom. The van der Waals surface area contributed by atoms with Gasteiger partial charge in [0.05, 0.1) is 12.2 Å². The van der Waals surface area contributed by atoms with Gasteiger partial charge in [-0.15, -0.1) is 0 Å². The lowest BCUT2D eigenvalue weighted by molar-refractivity contribution is -0.166. The van der Waals surface area contributed by atoms with E-state index >= 15 is 0 Å². The first kappa shape index (κ1) is 22.4. The van der Waals surface area contributed by atoms with Crippen molar-refractivity contribution >= 4 is 23.9 Å². The third-order valence-electron chi connectivity index (χ3n) is 4.09. The highest BCUT2D eigenvalue weighted by Gasteiger charge is 2.51. The van der Waals surface area contributed by atoms with E-state index < -0.39 is 48.4 Å². The lowest BCUT2D eigenvalue weighted by atomic mass is 10.1. The smallest absolute Gasteiger partial charge is 0.335 e. The van der Waals surface area contributed by atoms with Gasteiger partial charge in [-0.25, -0.2) is 4.79 Å². The van der Waals surface area contributed by atoms with Crippen LogP contribution in [0.15, 0.2) is 24.0 Å². The first-order chi connectivity index (χ1) is 13.7. The molecule has 1 fully saturated rings. The number of ether oxygens (including phenoxy) is 5. The summed E-state index contributed by atoms with van der Waals surface area (Å²) >= 11 is 0. The van der Waals surface area contributed by atoms with E-state index in [9.17, 15) is 19.2 Å². The van der Waals surface area contributed by atoms with Gasteiger partial charge in [-0.05, 0) is 6.92 Å². The molecule has 0 saturated carbocycles. The lowest BCUT2D eigenvalue weighted by Crippen LogP contribution is -2.44. The highest BCUT2D eigenvalue weighted by molar-refractivity contribution is 5.88. The van der Waals surface area contributed by atoms with Crippen LogP contribution in [0.1, 0.15) is 34.1 Å². The molecule has 2 rings (SSSR count). The molecule has 2 heterocycles. The zero-order valence-corrected chi connectivity index (χ0v) is 16.8. The van der Waals surface area contributed by atoms with Gasteiger partial charge in [-0.1, -0.05) is 6.08 Å². The number of carbonyl (C=O) groups is 4. The molecule has 10 heteroatoms. The summed E-state index contributed by atoms with van der Waals surface area (Å²) in [6.45, 7) is 5.39. The van der Waals surface area contributed by atoms with Crippen molar-refractivity contribution in [2.24, 2.45) is 0 Å². The minimum atomic E-state index is -1.01. The highest BCUT2D eigenvalue weighted by atomic mass is 16.7. The summed E-state index contributed by atoms with van der Waals surface area (Å²) in [6.07, 6.45) is 1.47. The molecular formula is C19H25NO9. The fraction of sp³-hybridized carbons (Fsp3) is 0.579. The monoisotopic (exact) mass is 411 g/mol. The van der Waals surface area contributed by atoms with Gasteiger partial charge in [0.2, 0.25) is 0 Å². The van der Waals surface area contributed by atoms with Crippen molar-refractivity contribution in [2.75, 3.05) is 13.2 Å². The van der Waals surface area contributed by atoms with Crippen LogP contribution in [0.25, 0.3) is 0 Å². The van der Waals surface area contributed by atoms with Crippen LogP contribution in [0.5, 0.6) is 0 Å². The second kappa shape index (κ2) is 10.1. The molecule has 1 saturated heterocycles. The van der Waals surface area contributed by atoms with Gasteiger partial charge in [0.1, 0.15) is 12.7 Å². The Morgan fingerprint density at radius 1 is 1.03 bits per heavy atom. The van der Waals surface area contributed by atoms with Crippen LogP contribution >= 0.6 is 0 Å². The van der Waals surface area contributed by atoms with Crippen molar-refractivity contribution in [3.8, 4) is 0 Å². The zero-order valence-electron chi connectivity index (χ0n) is 16.8. The SMILES string of the molecule is CCOC(=O)C1=CN([C@@H]2O[C@H](COC(C)=O)[C@@H](OC(C)=O)[C@H]2OC(C)=O)C=CC1. The molecule has 0 aromatic rings. The quantitative estimate of drug-likeness (QED) is 0.440. The minimum Gasteiger partial charge on any atom is -0.463 e. The number of carbonyl (C=O) groups excluding carboxylic acids is 4. The van der Waals surface area contributed by atoms with Crippen molar-refractivity contribution in [1.82, 2.24) is 4.90 Å². The van der Waals surface area contributed by atoms with Gasteiger partial charge >= 0.3 is 23.9 Å². The van der Waals surface area contributed by atoms with Crippen molar-refractivity contribution in [3.63, 3.8) is 0 Å². The summed E-state index contributed by atoms with van der Waals surface area (Å²) in [5.41, 5.74) is 0.381. The molecule has 29 heavy (non-hydrogen) atoms. The molecule has 10 nitrogen and oxygen atoms in total. The minimum absolute atomic E-state index is 0.201. The Labute approximate surface area is 168 Å². The van der Waals surface area contributed by atoms with Crippen LogP contribution in [-0.4, -0.2) is 66.5 Å².